The van der Waals surface area contributed by atoms with E-state index in [0.717, 1.165) is 0 Å². The highest BCUT2D eigenvalue weighted by Gasteiger charge is 2.40. The molecule has 0 radical (unpaired) electrons. The first kappa shape index (κ1) is 20.1. The van der Waals surface area contributed by atoms with E-state index < -0.39 is 0 Å². The summed E-state index contributed by atoms with van der Waals surface area (Å²) in [6, 6.07) is 42.2. The lowest BCUT2D eigenvalue weighted by molar-refractivity contribution is 0.908. The number of fused-ring (bicyclic) bond motifs is 4. The second kappa shape index (κ2) is 7.61. The lowest BCUT2D eigenvalue weighted by Crippen LogP contribution is -2.29. The van der Waals surface area contributed by atoms with E-state index in [0.29, 0.717) is 0 Å². The van der Waals surface area contributed by atoms with Gasteiger partial charge >= 0.3 is 0 Å². The minimum Gasteiger partial charge on any atom is -0.310 e. The summed E-state index contributed by atoms with van der Waals surface area (Å²) in [7, 11) is 0. The van der Waals surface area contributed by atoms with Gasteiger partial charge in [-0.1, -0.05) is 78.4 Å². The van der Waals surface area contributed by atoms with Crippen molar-refractivity contribution in [2.45, 2.75) is 19.8 Å². The van der Waals surface area contributed by atoms with Crippen molar-refractivity contribution in [2.24, 2.45) is 0 Å². The highest BCUT2D eigenvalue weighted by atomic mass is 15.2. The number of rotatable bonds is 2. The van der Waals surface area contributed by atoms with E-state index in [1.165, 1.54) is 61.9 Å². The molecule has 5 aromatic carbocycles. The maximum atomic E-state index is 2.46. The maximum absolute atomic E-state index is 2.46. The number of anilines is 6. The van der Waals surface area contributed by atoms with Crippen LogP contribution >= 0.6 is 0 Å². The van der Waals surface area contributed by atoms with Crippen LogP contribution in [0.15, 0.2) is 115 Å². The zero-order valence-electron chi connectivity index (χ0n) is 19.9. The first-order chi connectivity index (χ1) is 17.2. The van der Waals surface area contributed by atoms with E-state index in [9.17, 15) is 0 Å². The maximum Gasteiger partial charge on any atom is 0.0524 e. The summed E-state index contributed by atoms with van der Waals surface area (Å²) in [6.07, 6.45) is 0. The molecule has 2 heteroatoms. The molecule has 0 amide bonds. The third-order valence-electron chi connectivity index (χ3n) is 7.46. The van der Waals surface area contributed by atoms with Gasteiger partial charge in [-0.2, -0.15) is 0 Å². The SMILES string of the molecule is Cc1ccc(N2c3ccccc3C3c4ccccc4N(c4ccccc4C)c4cccc2c43)cc1. The second-order valence-electron chi connectivity index (χ2n) is 9.55. The average Bonchev–Trinajstić information content (AvgIpc) is 2.90. The third-order valence-corrected chi connectivity index (χ3v) is 7.46. The summed E-state index contributed by atoms with van der Waals surface area (Å²) in [4.78, 5) is 4.90. The zero-order chi connectivity index (χ0) is 23.5. The molecule has 0 spiro atoms. The van der Waals surface area contributed by atoms with Crippen molar-refractivity contribution in [1.82, 2.24) is 0 Å². The molecule has 2 heterocycles. The highest BCUT2D eigenvalue weighted by Crippen LogP contribution is 2.60. The van der Waals surface area contributed by atoms with E-state index in [1.807, 2.05) is 0 Å². The van der Waals surface area contributed by atoms with Crippen LogP contribution in [0.5, 0.6) is 0 Å². The summed E-state index contributed by atoms with van der Waals surface area (Å²) >= 11 is 0. The van der Waals surface area contributed by atoms with E-state index in [-0.39, 0.29) is 5.92 Å². The normalized spacial score (nSPS) is 15.3. The number of hydrogen-bond donors (Lipinski definition) is 0. The van der Waals surface area contributed by atoms with Crippen molar-refractivity contribution in [3.63, 3.8) is 0 Å². The van der Waals surface area contributed by atoms with Crippen LogP contribution in [0.2, 0.25) is 0 Å². The van der Waals surface area contributed by atoms with Crippen LogP contribution in [0.25, 0.3) is 0 Å². The number of benzene rings is 5. The Labute approximate surface area is 206 Å². The molecule has 0 saturated carbocycles. The van der Waals surface area contributed by atoms with Crippen molar-refractivity contribution in [2.75, 3.05) is 9.80 Å². The molecule has 2 aliphatic heterocycles. The Balaban J connectivity index is 1.57. The summed E-state index contributed by atoms with van der Waals surface area (Å²) in [5.41, 5.74) is 14.1. The van der Waals surface area contributed by atoms with Gasteiger partial charge in [-0.25, -0.2) is 0 Å². The molecule has 1 atom stereocenters. The lowest BCUT2D eigenvalue weighted by atomic mass is 9.76. The van der Waals surface area contributed by atoms with Gasteiger partial charge in [0.05, 0.1) is 22.7 Å². The van der Waals surface area contributed by atoms with Gasteiger partial charge in [0, 0.05) is 22.9 Å². The fourth-order valence-corrected chi connectivity index (χ4v) is 5.88. The van der Waals surface area contributed by atoms with Crippen LogP contribution in [-0.2, 0) is 0 Å². The first-order valence-electron chi connectivity index (χ1n) is 12.3. The monoisotopic (exact) mass is 450 g/mol. The van der Waals surface area contributed by atoms with Crippen LogP contribution in [-0.4, -0.2) is 0 Å². The molecule has 7 rings (SSSR count). The van der Waals surface area contributed by atoms with E-state index >= 15 is 0 Å². The molecule has 35 heavy (non-hydrogen) atoms. The molecule has 0 aliphatic carbocycles. The predicted octanol–water partition coefficient (Wildman–Crippen LogP) is 9.05. The molecule has 0 fully saturated rings. The van der Waals surface area contributed by atoms with Crippen molar-refractivity contribution in [1.29, 1.82) is 0 Å². The minimum absolute atomic E-state index is 0.190. The molecule has 2 nitrogen and oxygen atoms in total. The van der Waals surface area contributed by atoms with Crippen LogP contribution < -0.4 is 9.80 Å². The van der Waals surface area contributed by atoms with Crippen molar-refractivity contribution in [3.05, 3.63) is 143 Å². The van der Waals surface area contributed by atoms with Crippen LogP contribution in [0.1, 0.15) is 33.7 Å². The van der Waals surface area contributed by atoms with Gasteiger partial charge in [-0.05, 0) is 73.0 Å². The molecule has 0 bridgehead atoms. The van der Waals surface area contributed by atoms with Gasteiger partial charge in [-0.3, -0.25) is 0 Å². The Kier molecular flexibility index (Phi) is 4.37. The van der Waals surface area contributed by atoms with Crippen LogP contribution in [0.3, 0.4) is 0 Å². The predicted molar refractivity (Wildman–Crippen MR) is 146 cm³/mol. The second-order valence-corrected chi connectivity index (χ2v) is 9.55. The number of para-hydroxylation sites is 3. The summed E-state index contributed by atoms with van der Waals surface area (Å²) in [5, 5.41) is 0. The third kappa shape index (κ3) is 2.90. The molecule has 2 aliphatic rings. The van der Waals surface area contributed by atoms with Crippen molar-refractivity contribution >= 4 is 34.1 Å². The average molecular weight is 451 g/mol. The summed E-state index contributed by atoms with van der Waals surface area (Å²) < 4.78 is 0. The Morgan fingerprint density at radius 3 is 1.63 bits per heavy atom. The molecule has 0 N–H and O–H groups in total. The Morgan fingerprint density at radius 1 is 0.457 bits per heavy atom. The van der Waals surface area contributed by atoms with Gasteiger partial charge < -0.3 is 9.80 Å². The fraction of sp³-hybridized carbons (Fsp3) is 0.0909. The van der Waals surface area contributed by atoms with Gasteiger partial charge in [0.15, 0.2) is 0 Å². The molecular formula is C33H26N2. The van der Waals surface area contributed by atoms with Crippen LogP contribution in [0.4, 0.5) is 34.1 Å². The van der Waals surface area contributed by atoms with Crippen LogP contribution in [0, 0.1) is 13.8 Å². The standard InChI is InChI=1S/C33H26N2/c1-22-18-20-24(21-19-22)34-28-14-7-4-11-25(28)32-26-12-5-8-15-29(26)35(27-13-6-3-10-23(27)2)31-17-9-16-30(34)33(31)32/h3-21,32H,1-2H3. The zero-order valence-corrected chi connectivity index (χ0v) is 19.9. The minimum atomic E-state index is 0.190. The molecule has 168 valence electrons. The van der Waals surface area contributed by atoms with Gasteiger partial charge in [0.1, 0.15) is 0 Å². The van der Waals surface area contributed by atoms with Crippen molar-refractivity contribution < 1.29 is 0 Å². The summed E-state index contributed by atoms with van der Waals surface area (Å²) in [6.45, 7) is 4.35. The smallest absolute Gasteiger partial charge is 0.0524 e. The van der Waals surface area contributed by atoms with E-state index in [2.05, 4.69) is 139 Å². The van der Waals surface area contributed by atoms with Gasteiger partial charge in [0.2, 0.25) is 0 Å². The Bertz CT molecular complexity index is 1580. The van der Waals surface area contributed by atoms with Gasteiger partial charge in [-0.15, -0.1) is 0 Å². The molecular weight excluding hydrogens is 424 g/mol. The number of aryl methyl sites for hydroxylation is 2. The van der Waals surface area contributed by atoms with Gasteiger partial charge in [0.25, 0.3) is 0 Å². The summed E-state index contributed by atoms with van der Waals surface area (Å²) in [5.74, 6) is 0.190. The largest absolute Gasteiger partial charge is 0.310 e. The Morgan fingerprint density at radius 2 is 0.971 bits per heavy atom. The fourth-order valence-electron chi connectivity index (χ4n) is 5.88. The number of hydrogen-bond acceptors (Lipinski definition) is 2. The highest BCUT2D eigenvalue weighted by molar-refractivity contribution is 5.96. The van der Waals surface area contributed by atoms with E-state index in [1.54, 1.807) is 0 Å². The molecule has 0 saturated heterocycles. The molecule has 1 unspecified atom stereocenters. The van der Waals surface area contributed by atoms with Crippen molar-refractivity contribution in [3.8, 4) is 0 Å². The number of nitrogens with zero attached hydrogens (tertiary/aromatic N) is 2. The topological polar surface area (TPSA) is 6.48 Å². The molecule has 5 aromatic rings. The molecule has 0 aromatic heterocycles. The first-order valence-corrected chi connectivity index (χ1v) is 12.3. The lowest BCUT2D eigenvalue weighted by Gasteiger charge is -2.45. The quantitative estimate of drug-likeness (QED) is 0.259. The Hall–Kier alpha value is -4.30. The van der Waals surface area contributed by atoms with E-state index in [4.69, 9.17) is 0 Å².